The second kappa shape index (κ2) is 5.96. The van der Waals surface area contributed by atoms with Crippen LogP contribution >= 0.6 is 0 Å². The standard InChI is InChI=1S/C13H16N6/c1-10(2)9-19-6-5-16-12(19)8-18-13-11(7-14)15-3-4-17-13/h3-6,10H,8-9H2,1-2H3,(H,17,18). The Morgan fingerprint density at radius 3 is 2.79 bits per heavy atom. The van der Waals surface area contributed by atoms with Crippen molar-refractivity contribution in [2.45, 2.75) is 26.9 Å². The van der Waals surface area contributed by atoms with Crippen molar-refractivity contribution >= 4 is 5.82 Å². The molecule has 2 aromatic rings. The third-order valence-corrected chi connectivity index (χ3v) is 2.58. The zero-order valence-electron chi connectivity index (χ0n) is 11.0. The van der Waals surface area contributed by atoms with Crippen LogP contribution in [0.15, 0.2) is 24.8 Å². The number of anilines is 1. The van der Waals surface area contributed by atoms with Gasteiger partial charge in [-0.2, -0.15) is 5.26 Å². The Hall–Kier alpha value is -2.42. The molecule has 2 rings (SSSR count). The molecule has 2 heterocycles. The average molecular weight is 256 g/mol. The minimum atomic E-state index is 0.296. The first kappa shape index (κ1) is 13.0. The quantitative estimate of drug-likeness (QED) is 0.882. The summed E-state index contributed by atoms with van der Waals surface area (Å²) in [7, 11) is 0. The highest BCUT2D eigenvalue weighted by molar-refractivity contribution is 5.46. The molecule has 0 aliphatic carbocycles. The molecule has 6 nitrogen and oxygen atoms in total. The van der Waals surface area contributed by atoms with E-state index < -0.39 is 0 Å². The fraction of sp³-hybridized carbons (Fsp3) is 0.385. The third-order valence-electron chi connectivity index (χ3n) is 2.58. The van der Waals surface area contributed by atoms with Crippen molar-refractivity contribution in [3.63, 3.8) is 0 Å². The van der Waals surface area contributed by atoms with Crippen molar-refractivity contribution in [3.8, 4) is 6.07 Å². The smallest absolute Gasteiger partial charge is 0.182 e. The molecular formula is C13H16N6. The van der Waals surface area contributed by atoms with Crippen LogP contribution in [0.3, 0.4) is 0 Å². The minimum absolute atomic E-state index is 0.296. The van der Waals surface area contributed by atoms with Gasteiger partial charge in [0.1, 0.15) is 11.9 Å². The molecule has 98 valence electrons. The zero-order valence-corrected chi connectivity index (χ0v) is 11.0. The van der Waals surface area contributed by atoms with Gasteiger partial charge in [-0.15, -0.1) is 0 Å². The highest BCUT2D eigenvalue weighted by Crippen LogP contribution is 2.09. The summed E-state index contributed by atoms with van der Waals surface area (Å²) in [6, 6.07) is 2.01. The number of hydrogen-bond donors (Lipinski definition) is 1. The van der Waals surface area contributed by atoms with Gasteiger partial charge in [0.05, 0.1) is 6.54 Å². The molecule has 1 N–H and O–H groups in total. The van der Waals surface area contributed by atoms with E-state index in [9.17, 15) is 0 Å². The molecule has 2 aromatic heterocycles. The second-order valence-corrected chi connectivity index (χ2v) is 4.61. The van der Waals surface area contributed by atoms with Gasteiger partial charge in [-0.25, -0.2) is 15.0 Å². The van der Waals surface area contributed by atoms with Gasteiger partial charge in [0, 0.05) is 31.3 Å². The van der Waals surface area contributed by atoms with Crippen molar-refractivity contribution in [3.05, 3.63) is 36.3 Å². The van der Waals surface area contributed by atoms with Crippen LogP contribution in [0.25, 0.3) is 0 Å². The maximum absolute atomic E-state index is 8.94. The van der Waals surface area contributed by atoms with Crippen LogP contribution in [0.2, 0.25) is 0 Å². The molecule has 6 heteroatoms. The molecule has 0 aliphatic heterocycles. The molecule has 0 amide bonds. The molecule has 19 heavy (non-hydrogen) atoms. The van der Waals surface area contributed by atoms with E-state index in [1.807, 2.05) is 12.3 Å². The maximum atomic E-state index is 8.94. The fourth-order valence-electron chi connectivity index (χ4n) is 1.78. The first-order chi connectivity index (χ1) is 9.20. The van der Waals surface area contributed by atoms with Gasteiger partial charge >= 0.3 is 0 Å². The first-order valence-electron chi connectivity index (χ1n) is 6.15. The summed E-state index contributed by atoms with van der Waals surface area (Å²) in [5, 5.41) is 12.0. The molecule has 0 fully saturated rings. The molecule has 0 spiro atoms. The van der Waals surface area contributed by atoms with Crippen LogP contribution in [-0.2, 0) is 13.1 Å². The van der Waals surface area contributed by atoms with Crippen molar-refractivity contribution in [1.82, 2.24) is 19.5 Å². The van der Waals surface area contributed by atoms with Crippen LogP contribution in [0.1, 0.15) is 25.4 Å². The van der Waals surface area contributed by atoms with Gasteiger partial charge in [0.25, 0.3) is 0 Å². The Morgan fingerprint density at radius 1 is 1.26 bits per heavy atom. The Kier molecular flexibility index (Phi) is 4.08. The summed E-state index contributed by atoms with van der Waals surface area (Å²) in [4.78, 5) is 12.4. The number of nitrogens with one attached hydrogen (secondary N) is 1. The van der Waals surface area contributed by atoms with Gasteiger partial charge in [0.2, 0.25) is 0 Å². The van der Waals surface area contributed by atoms with Crippen molar-refractivity contribution in [1.29, 1.82) is 5.26 Å². The van der Waals surface area contributed by atoms with Gasteiger partial charge in [-0.05, 0) is 5.92 Å². The van der Waals surface area contributed by atoms with Gasteiger partial charge in [-0.3, -0.25) is 0 Å². The first-order valence-corrected chi connectivity index (χ1v) is 6.15. The second-order valence-electron chi connectivity index (χ2n) is 4.61. The van der Waals surface area contributed by atoms with Crippen molar-refractivity contribution in [2.24, 2.45) is 5.92 Å². The Morgan fingerprint density at radius 2 is 2.05 bits per heavy atom. The molecular weight excluding hydrogens is 240 g/mol. The predicted octanol–water partition coefficient (Wildman–Crippen LogP) is 1.81. The Labute approximate surface area is 112 Å². The summed E-state index contributed by atoms with van der Waals surface area (Å²) < 4.78 is 2.10. The summed E-state index contributed by atoms with van der Waals surface area (Å²) in [5.41, 5.74) is 0.296. The molecule has 0 aliphatic rings. The van der Waals surface area contributed by atoms with E-state index in [2.05, 4.69) is 38.7 Å². The Balaban J connectivity index is 2.07. The van der Waals surface area contributed by atoms with Crippen LogP contribution in [0.4, 0.5) is 5.82 Å². The SMILES string of the molecule is CC(C)Cn1ccnc1CNc1nccnc1C#N. The van der Waals surface area contributed by atoms with Gasteiger partial charge < -0.3 is 9.88 Å². The van der Waals surface area contributed by atoms with Crippen LogP contribution in [0.5, 0.6) is 0 Å². The van der Waals surface area contributed by atoms with E-state index in [4.69, 9.17) is 5.26 Å². The van der Waals surface area contributed by atoms with Gasteiger partial charge in [0.15, 0.2) is 11.5 Å². The maximum Gasteiger partial charge on any atom is 0.182 e. The number of nitrogens with zero attached hydrogens (tertiary/aromatic N) is 5. The van der Waals surface area contributed by atoms with E-state index in [1.165, 1.54) is 6.20 Å². The number of imidazole rings is 1. The lowest BCUT2D eigenvalue weighted by Crippen LogP contribution is -2.12. The monoisotopic (exact) mass is 256 g/mol. The molecule has 0 saturated heterocycles. The van der Waals surface area contributed by atoms with Crippen molar-refractivity contribution in [2.75, 3.05) is 5.32 Å². The van der Waals surface area contributed by atoms with Crippen LogP contribution in [-0.4, -0.2) is 19.5 Å². The van der Waals surface area contributed by atoms with Gasteiger partial charge in [-0.1, -0.05) is 13.8 Å². The minimum Gasteiger partial charge on any atom is -0.360 e. The number of nitriles is 1. The number of aromatic nitrogens is 4. The summed E-state index contributed by atoms with van der Waals surface area (Å²) in [5.74, 6) is 1.96. The molecule has 0 saturated carbocycles. The lowest BCUT2D eigenvalue weighted by Gasteiger charge is -2.11. The summed E-state index contributed by atoms with van der Waals surface area (Å²) in [6.45, 7) is 5.76. The number of rotatable bonds is 5. The highest BCUT2D eigenvalue weighted by atomic mass is 15.1. The largest absolute Gasteiger partial charge is 0.360 e. The van der Waals surface area contributed by atoms with E-state index in [1.54, 1.807) is 12.4 Å². The molecule has 0 aromatic carbocycles. The Bertz CT molecular complexity index is 581. The van der Waals surface area contributed by atoms with E-state index >= 15 is 0 Å². The molecule has 0 atom stereocenters. The van der Waals surface area contributed by atoms with Crippen LogP contribution < -0.4 is 5.32 Å². The highest BCUT2D eigenvalue weighted by Gasteiger charge is 2.07. The number of hydrogen-bond acceptors (Lipinski definition) is 5. The van der Waals surface area contributed by atoms with E-state index in [0.29, 0.717) is 24.0 Å². The van der Waals surface area contributed by atoms with E-state index in [-0.39, 0.29) is 0 Å². The zero-order chi connectivity index (χ0) is 13.7. The summed E-state index contributed by atoms with van der Waals surface area (Å²) in [6.07, 6.45) is 6.80. The van der Waals surface area contributed by atoms with Crippen LogP contribution in [0, 0.1) is 17.2 Å². The topological polar surface area (TPSA) is 79.4 Å². The third kappa shape index (κ3) is 3.28. The summed E-state index contributed by atoms with van der Waals surface area (Å²) >= 11 is 0. The lowest BCUT2D eigenvalue weighted by atomic mass is 10.2. The van der Waals surface area contributed by atoms with E-state index in [0.717, 1.165) is 12.4 Å². The molecule has 0 unspecified atom stereocenters. The molecule has 0 radical (unpaired) electrons. The average Bonchev–Trinajstić information content (AvgIpc) is 2.83. The normalized spacial score (nSPS) is 10.4. The lowest BCUT2D eigenvalue weighted by molar-refractivity contribution is 0.509. The van der Waals surface area contributed by atoms with Crippen molar-refractivity contribution < 1.29 is 0 Å². The molecule has 0 bridgehead atoms. The fourth-order valence-corrected chi connectivity index (χ4v) is 1.78. The predicted molar refractivity (Wildman–Crippen MR) is 71.1 cm³/mol.